The van der Waals surface area contributed by atoms with Crippen LogP contribution in [0.25, 0.3) is 17.2 Å². The molecule has 0 aliphatic rings. The van der Waals surface area contributed by atoms with E-state index in [1.807, 2.05) is 28.6 Å². The summed E-state index contributed by atoms with van der Waals surface area (Å²) < 4.78 is 2.03. The van der Waals surface area contributed by atoms with Crippen molar-refractivity contribution < 1.29 is 0 Å². The summed E-state index contributed by atoms with van der Waals surface area (Å²) in [6.07, 6.45) is 5.75. The van der Waals surface area contributed by atoms with Crippen LogP contribution < -0.4 is 0 Å². The Balaban J connectivity index is 2.53. The lowest BCUT2D eigenvalue weighted by molar-refractivity contribution is 1.33. The molecule has 2 aromatic rings. The number of rotatable bonds is 2. The second-order valence-corrected chi connectivity index (χ2v) is 3.83. The molecule has 0 aliphatic carbocycles. The van der Waals surface area contributed by atoms with Crippen molar-refractivity contribution in [1.29, 1.82) is 0 Å². The van der Waals surface area contributed by atoms with E-state index in [2.05, 4.69) is 57.9 Å². The summed E-state index contributed by atoms with van der Waals surface area (Å²) in [4.78, 5) is 4.03. The van der Waals surface area contributed by atoms with E-state index in [1.54, 1.807) is 0 Å². The van der Waals surface area contributed by atoms with E-state index in [0.717, 1.165) is 0 Å². The molecule has 15 heavy (non-hydrogen) atoms. The first kappa shape index (κ1) is 10.4. The number of pyridine rings is 1. The van der Waals surface area contributed by atoms with Crippen LogP contribution in [0.15, 0.2) is 52.9 Å². The van der Waals surface area contributed by atoms with Crippen LogP contribution in [0.5, 0.6) is 0 Å². The molecule has 0 radical (unpaired) electrons. The predicted molar refractivity (Wildman–Crippen MR) is 72.7 cm³/mol. The van der Waals surface area contributed by atoms with E-state index in [0.29, 0.717) is 0 Å². The van der Waals surface area contributed by atoms with E-state index < -0.39 is 0 Å². The van der Waals surface area contributed by atoms with Gasteiger partial charge in [-0.05, 0) is 39.0 Å². The van der Waals surface area contributed by atoms with E-state index in [1.165, 1.54) is 16.7 Å². The average Bonchev–Trinajstić information content (AvgIpc) is 2.31. The summed E-state index contributed by atoms with van der Waals surface area (Å²) in [7, 11) is 0. The van der Waals surface area contributed by atoms with Gasteiger partial charge in [0.2, 0.25) is 0 Å². The van der Waals surface area contributed by atoms with Crippen LogP contribution in [0.4, 0.5) is 0 Å². The van der Waals surface area contributed by atoms with E-state index in [-0.39, 0.29) is 0 Å². The molecule has 0 aliphatic heterocycles. The Bertz CT molecular complexity index is 463. The number of hydrogen-bond donors (Lipinski definition) is 0. The maximum absolute atomic E-state index is 4.03. The fourth-order valence-electron chi connectivity index (χ4n) is 1.50. The maximum Gasteiger partial charge on any atom is 0.0273 e. The lowest BCUT2D eigenvalue weighted by Crippen LogP contribution is -1.82. The summed E-state index contributed by atoms with van der Waals surface area (Å²) >= 11 is 2.23. The Morgan fingerprint density at radius 3 is 2.47 bits per heavy atom. The lowest BCUT2D eigenvalue weighted by atomic mass is 10.0. The summed E-state index contributed by atoms with van der Waals surface area (Å²) in [5.41, 5.74) is 3.68. The summed E-state index contributed by atoms with van der Waals surface area (Å²) in [5, 5.41) is 0. The molecular weight excluding hydrogens is 297 g/mol. The van der Waals surface area contributed by atoms with Crippen molar-refractivity contribution in [2.75, 3.05) is 0 Å². The number of aromatic nitrogens is 1. The van der Waals surface area contributed by atoms with Crippen molar-refractivity contribution in [1.82, 2.24) is 4.98 Å². The van der Waals surface area contributed by atoms with Gasteiger partial charge in [0.1, 0.15) is 0 Å². The number of hydrogen-bond acceptors (Lipinski definition) is 1. The normalized spacial score (nSPS) is 10.7. The van der Waals surface area contributed by atoms with Gasteiger partial charge in [-0.3, -0.25) is 4.98 Å². The van der Waals surface area contributed by atoms with Gasteiger partial charge in [-0.15, -0.1) is 0 Å². The summed E-state index contributed by atoms with van der Waals surface area (Å²) in [6, 6.07) is 12.4. The first-order valence-electron chi connectivity index (χ1n) is 4.68. The highest BCUT2D eigenvalue weighted by molar-refractivity contribution is 14.1. The molecule has 0 spiro atoms. The minimum Gasteiger partial charge on any atom is -0.265 e. The van der Waals surface area contributed by atoms with Gasteiger partial charge in [-0.1, -0.05) is 46.9 Å². The second kappa shape index (κ2) is 5.07. The zero-order valence-corrected chi connectivity index (χ0v) is 10.3. The van der Waals surface area contributed by atoms with Gasteiger partial charge in [0.25, 0.3) is 0 Å². The smallest absolute Gasteiger partial charge is 0.0273 e. The standard InChI is InChI=1S/C13H10IN/c14-8-5-11-3-1-2-4-13(11)12-6-9-15-10-7-12/h1-10H. The maximum atomic E-state index is 4.03. The third-order valence-corrected chi connectivity index (χ3v) is 2.55. The molecule has 0 amide bonds. The largest absolute Gasteiger partial charge is 0.265 e. The molecule has 0 fully saturated rings. The Labute approximate surface area is 103 Å². The van der Waals surface area contributed by atoms with Crippen LogP contribution in [0.2, 0.25) is 0 Å². The Morgan fingerprint density at radius 1 is 1.00 bits per heavy atom. The fourth-order valence-corrected chi connectivity index (χ4v) is 1.89. The average molecular weight is 307 g/mol. The SMILES string of the molecule is IC=Cc1ccccc1-c1ccncc1. The fraction of sp³-hybridized carbons (Fsp3) is 0. The molecule has 1 aromatic carbocycles. The monoisotopic (exact) mass is 307 g/mol. The molecule has 1 heterocycles. The molecular formula is C13H10IN. The molecule has 0 N–H and O–H groups in total. The van der Waals surface area contributed by atoms with Crippen LogP contribution in [0.3, 0.4) is 0 Å². The Hall–Kier alpha value is -1.16. The van der Waals surface area contributed by atoms with Crippen LogP contribution >= 0.6 is 22.6 Å². The number of benzene rings is 1. The molecule has 1 nitrogen and oxygen atoms in total. The topological polar surface area (TPSA) is 12.9 Å². The van der Waals surface area contributed by atoms with Gasteiger partial charge < -0.3 is 0 Å². The Morgan fingerprint density at radius 2 is 1.73 bits per heavy atom. The van der Waals surface area contributed by atoms with Gasteiger partial charge in [-0.25, -0.2) is 0 Å². The predicted octanol–water partition coefficient (Wildman–Crippen LogP) is 4.15. The third-order valence-electron chi connectivity index (χ3n) is 2.19. The zero-order chi connectivity index (χ0) is 10.5. The van der Waals surface area contributed by atoms with Crippen molar-refractivity contribution in [3.8, 4) is 11.1 Å². The van der Waals surface area contributed by atoms with Crippen LogP contribution in [-0.2, 0) is 0 Å². The molecule has 2 heteroatoms. The first-order chi connectivity index (χ1) is 7.42. The molecule has 1 aromatic heterocycles. The van der Waals surface area contributed by atoms with Crippen LogP contribution in [0, 0.1) is 0 Å². The van der Waals surface area contributed by atoms with Crippen LogP contribution in [0.1, 0.15) is 5.56 Å². The second-order valence-electron chi connectivity index (χ2n) is 3.12. The first-order valence-corrected chi connectivity index (χ1v) is 5.92. The van der Waals surface area contributed by atoms with E-state index >= 15 is 0 Å². The molecule has 0 bridgehead atoms. The Kier molecular flexibility index (Phi) is 3.50. The quantitative estimate of drug-likeness (QED) is 0.759. The van der Waals surface area contributed by atoms with E-state index in [9.17, 15) is 0 Å². The highest BCUT2D eigenvalue weighted by Gasteiger charge is 2.00. The molecule has 0 atom stereocenters. The van der Waals surface area contributed by atoms with Crippen molar-refractivity contribution in [3.63, 3.8) is 0 Å². The van der Waals surface area contributed by atoms with Gasteiger partial charge in [0.05, 0.1) is 0 Å². The summed E-state index contributed by atoms with van der Waals surface area (Å²) in [6.45, 7) is 0. The third kappa shape index (κ3) is 2.45. The minimum absolute atomic E-state index is 1.20. The zero-order valence-electron chi connectivity index (χ0n) is 8.10. The number of nitrogens with zero attached hydrogens (tertiary/aromatic N) is 1. The minimum atomic E-state index is 1.20. The molecule has 0 saturated heterocycles. The lowest BCUT2D eigenvalue weighted by Gasteiger charge is -2.04. The van der Waals surface area contributed by atoms with Crippen molar-refractivity contribution in [2.24, 2.45) is 0 Å². The number of halogens is 1. The van der Waals surface area contributed by atoms with Gasteiger partial charge in [0, 0.05) is 12.4 Å². The highest BCUT2D eigenvalue weighted by Crippen LogP contribution is 2.24. The van der Waals surface area contributed by atoms with Gasteiger partial charge >= 0.3 is 0 Å². The van der Waals surface area contributed by atoms with Crippen molar-refractivity contribution in [3.05, 3.63) is 58.4 Å². The molecule has 0 saturated carbocycles. The molecule has 0 unspecified atom stereocenters. The van der Waals surface area contributed by atoms with Crippen molar-refractivity contribution in [2.45, 2.75) is 0 Å². The van der Waals surface area contributed by atoms with Crippen LogP contribution in [-0.4, -0.2) is 4.98 Å². The highest BCUT2D eigenvalue weighted by atomic mass is 127. The molecule has 74 valence electrons. The van der Waals surface area contributed by atoms with Gasteiger partial charge in [-0.2, -0.15) is 0 Å². The van der Waals surface area contributed by atoms with Gasteiger partial charge in [0.15, 0.2) is 0 Å². The van der Waals surface area contributed by atoms with E-state index in [4.69, 9.17) is 0 Å². The van der Waals surface area contributed by atoms with Crippen molar-refractivity contribution >= 4 is 28.7 Å². The summed E-state index contributed by atoms with van der Waals surface area (Å²) in [5.74, 6) is 0. The molecule has 2 rings (SSSR count).